The second-order valence-corrected chi connectivity index (χ2v) is 2.89. The van der Waals surface area contributed by atoms with E-state index < -0.39 is 4.92 Å². The van der Waals surface area contributed by atoms with Gasteiger partial charge in [0.15, 0.2) is 0 Å². The van der Waals surface area contributed by atoms with Gasteiger partial charge in [0.05, 0.1) is 11.0 Å². The molecule has 0 radical (unpaired) electrons. The molecule has 6 heteroatoms. The normalized spacial score (nSPS) is 9.75. The van der Waals surface area contributed by atoms with Gasteiger partial charge in [-0.25, -0.2) is 4.98 Å². The van der Waals surface area contributed by atoms with Crippen LogP contribution in [0.1, 0.15) is 0 Å². The topological polar surface area (TPSA) is 78.2 Å². The number of nitrogens with zero attached hydrogens (tertiary/aromatic N) is 3. The van der Waals surface area contributed by atoms with Crippen LogP contribution in [0.2, 0.25) is 0 Å². The minimum absolute atomic E-state index is 0.0564. The van der Waals surface area contributed by atoms with E-state index in [0.717, 1.165) is 0 Å². The van der Waals surface area contributed by atoms with Crippen LogP contribution in [0.5, 0.6) is 11.6 Å². The molecule has 0 amide bonds. The number of pyridine rings is 2. The maximum Gasteiger partial charge on any atom is 0.276 e. The van der Waals surface area contributed by atoms with Crippen molar-refractivity contribution in [3.8, 4) is 11.6 Å². The van der Waals surface area contributed by atoms with Crippen molar-refractivity contribution in [2.75, 3.05) is 0 Å². The first kappa shape index (κ1) is 10.0. The van der Waals surface area contributed by atoms with Crippen LogP contribution in [-0.4, -0.2) is 14.9 Å². The van der Waals surface area contributed by atoms with E-state index in [0.29, 0.717) is 5.75 Å². The van der Waals surface area contributed by atoms with Crippen LogP contribution >= 0.6 is 0 Å². The van der Waals surface area contributed by atoms with E-state index in [2.05, 4.69) is 9.97 Å². The lowest BCUT2D eigenvalue weighted by molar-refractivity contribution is -0.385. The monoisotopic (exact) mass is 217 g/mol. The molecule has 0 unspecified atom stereocenters. The van der Waals surface area contributed by atoms with Crippen molar-refractivity contribution >= 4 is 5.69 Å². The average molecular weight is 217 g/mol. The highest BCUT2D eigenvalue weighted by atomic mass is 16.6. The van der Waals surface area contributed by atoms with E-state index >= 15 is 0 Å². The summed E-state index contributed by atoms with van der Waals surface area (Å²) in [5.74, 6) is 0.711. The van der Waals surface area contributed by atoms with Gasteiger partial charge in [0.2, 0.25) is 5.88 Å². The van der Waals surface area contributed by atoms with Crippen LogP contribution in [0.15, 0.2) is 42.9 Å². The van der Waals surface area contributed by atoms with Gasteiger partial charge in [0, 0.05) is 24.7 Å². The Hall–Kier alpha value is -2.50. The Balaban J connectivity index is 2.22. The molecule has 0 atom stereocenters. The van der Waals surface area contributed by atoms with Gasteiger partial charge in [-0.3, -0.25) is 15.1 Å². The van der Waals surface area contributed by atoms with Gasteiger partial charge in [-0.2, -0.15) is 0 Å². The summed E-state index contributed by atoms with van der Waals surface area (Å²) in [5.41, 5.74) is -0.0564. The summed E-state index contributed by atoms with van der Waals surface area (Å²) in [4.78, 5) is 17.7. The van der Waals surface area contributed by atoms with Gasteiger partial charge in [-0.15, -0.1) is 0 Å². The SMILES string of the molecule is O=[N+]([O-])c1ccnc(Oc2ccncc2)c1. The first-order chi connectivity index (χ1) is 7.75. The molecule has 0 N–H and O–H groups in total. The summed E-state index contributed by atoms with van der Waals surface area (Å²) < 4.78 is 5.31. The predicted molar refractivity (Wildman–Crippen MR) is 55.2 cm³/mol. The highest BCUT2D eigenvalue weighted by Gasteiger charge is 2.07. The molecule has 2 aromatic rings. The lowest BCUT2D eigenvalue weighted by atomic mass is 10.4. The smallest absolute Gasteiger partial charge is 0.276 e. The molecule has 0 aromatic carbocycles. The molecular weight excluding hydrogens is 210 g/mol. The standard InChI is InChI=1S/C10H7N3O3/c14-13(15)8-1-6-12-10(7-8)16-9-2-4-11-5-3-9/h1-7H. The van der Waals surface area contributed by atoms with Gasteiger partial charge >= 0.3 is 0 Å². The molecule has 0 bridgehead atoms. The van der Waals surface area contributed by atoms with Crippen LogP contribution < -0.4 is 4.74 Å². The average Bonchev–Trinajstić information content (AvgIpc) is 2.30. The molecule has 2 aromatic heterocycles. The molecule has 0 spiro atoms. The van der Waals surface area contributed by atoms with Crippen molar-refractivity contribution in [1.82, 2.24) is 9.97 Å². The summed E-state index contributed by atoms with van der Waals surface area (Å²) in [7, 11) is 0. The van der Waals surface area contributed by atoms with E-state index in [1.54, 1.807) is 24.5 Å². The van der Waals surface area contributed by atoms with E-state index in [4.69, 9.17) is 4.74 Å². The number of nitro groups is 1. The molecule has 0 saturated heterocycles. The van der Waals surface area contributed by atoms with Crippen molar-refractivity contribution in [1.29, 1.82) is 0 Å². The fourth-order valence-electron chi connectivity index (χ4n) is 1.10. The van der Waals surface area contributed by atoms with Crippen molar-refractivity contribution in [3.63, 3.8) is 0 Å². The number of hydrogen-bond acceptors (Lipinski definition) is 5. The van der Waals surface area contributed by atoms with Crippen LogP contribution in [0.25, 0.3) is 0 Å². The summed E-state index contributed by atoms with van der Waals surface area (Å²) in [5, 5.41) is 10.5. The number of hydrogen-bond donors (Lipinski definition) is 0. The lowest BCUT2D eigenvalue weighted by Gasteiger charge is -2.02. The fraction of sp³-hybridized carbons (Fsp3) is 0. The van der Waals surface area contributed by atoms with E-state index in [-0.39, 0.29) is 11.6 Å². The van der Waals surface area contributed by atoms with Crippen molar-refractivity contribution in [3.05, 3.63) is 53.0 Å². The Morgan fingerprint density at radius 2 is 1.94 bits per heavy atom. The Labute approximate surface area is 90.7 Å². The van der Waals surface area contributed by atoms with Crippen molar-refractivity contribution in [2.45, 2.75) is 0 Å². The molecule has 0 aliphatic carbocycles. The highest BCUT2D eigenvalue weighted by molar-refractivity contribution is 5.34. The van der Waals surface area contributed by atoms with Gasteiger partial charge in [-0.05, 0) is 12.1 Å². The number of aromatic nitrogens is 2. The molecular formula is C10H7N3O3. The summed E-state index contributed by atoms with van der Waals surface area (Å²) >= 11 is 0. The Kier molecular flexibility index (Phi) is 2.73. The van der Waals surface area contributed by atoms with E-state index in [1.807, 2.05) is 0 Å². The lowest BCUT2D eigenvalue weighted by Crippen LogP contribution is -1.91. The molecule has 2 heterocycles. The number of rotatable bonds is 3. The van der Waals surface area contributed by atoms with Crippen LogP contribution in [0.3, 0.4) is 0 Å². The molecule has 2 rings (SSSR count). The Morgan fingerprint density at radius 3 is 2.62 bits per heavy atom. The number of ether oxygens (including phenoxy) is 1. The Morgan fingerprint density at radius 1 is 1.19 bits per heavy atom. The molecule has 6 nitrogen and oxygen atoms in total. The zero-order chi connectivity index (χ0) is 11.4. The maximum atomic E-state index is 10.5. The molecule has 0 aliphatic rings. The predicted octanol–water partition coefficient (Wildman–Crippen LogP) is 2.18. The molecule has 80 valence electrons. The van der Waals surface area contributed by atoms with Crippen LogP contribution in [-0.2, 0) is 0 Å². The van der Waals surface area contributed by atoms with Crippen LogP contribution in [0, 0.1) is 10.1 Å². The van der Waals surface area contributed by atoms with Gasteiger partial charge in [-0.1, -0.05) is 0 Å². The maximum absolute atomic E-state index is 10.5. The molecule has 0 fully saturated rings. The van der Waals surface area contributed by atoms with Crippen LogP contribution in [0.4, 0.5) is 5.69 Å². The summed E-state index contributed by atoms with van der Waals surface area (Å²) in [6.45, 7) is 0. The first-order valence-electron chi connectivity index (χ1n) is 4.44. The Bertz CT molecular complexity index is 502. The van der Waals surface area contributed by atoms with Gasteiger partial charge in [0.25, 0.3) is 5.69 Å². The molecule has 16 heavy (non-hydrogen) atoms. The third-order valence-electron chi connectivity index (χ3n) is 1.80. The second-order valence-electron chi connectivity index (χ2n) is 2.89. The first-order valence-corrected chi connectivity index (χ1v) is 4.44. The third-order valence-corrected chi connectivity index (χ3v) is 1.80. The van der Waals surface area contributed by atoms with Gasteiger partial charge in [0.1, 0.15) is 5.75 Å². The second kappa shape index (κ2) is 4.35. The van der Waals surface area contributed by atoms with Crippen molar-refractivity contribution < 1.29 is 9.66 Å². The zero-order valence-electron chi connectivity index (χ0n) is 8.11. The largest absolute Gasteiger partial charge is 0.439 e. The molecule has 0 saturated carbocycles. The quantitative estimate of drug-likeness (QED) is 0.581. The molecule has 0 aliphatic heterocycles. The summed E-state index contributed by atoms with van der Waals surface area (Å²) in [6, 6.07) is 5.85. The highest BCUT2D eigenvalue weighted by Crippen LogP contribution is 2.21. The van der Waals surface area contributed by atoms with E-state index in [1.165, 1.54) is 18.3 Å². The fourth-order valence-corrected chi connectivity index (χ4v) is 1.10. The van der Waals surface area contributed by atoms with Crippen molar-refractivity contribution in [2.24, 2.45) is 0 Å². The van der Waals surface area contributed by atoms with Gasteiger partial charge < -0.3 is 4.74 Å². The summed E-state index contributed by atoms with van der Waals surface area (Å²) in [6.07, 6.45) is 4.45. The minimum Gasteiger partial charge on any atom is -0.439 e. The third kappa shape index (κ3) is 2.30. The minimum atomic E-state index is -0.499. The zero-order valence-corrected chi connectivity index (χ0v) is 8.11. The van der Waals surface area contributed by atoms with E-state index in [9.17, 15) is 10.1 Å².